The maximum atomic E-state index is 12.0. The zero-order valence-corrected chi connectivity index (χ0v) is 6.17. The number of hydrogen-bond acceptors (Lipinski definition) is 2. The molecule has 0 amide bonds. The molecule has 12 heavy (non-hydrogen) atoms. The summed E-state index contributed by atoms with van der Waals surface area (Å²) in [6.07, 6.45) is 0.825. The second-order valence-corrected chi connectivity index (χ2v) is 2.26. The van der Waals surface area contributed by atoms with Gasteiger partial charge in [0.15, 0.2) is 0 Å². The fraction of sp³-hybridized carbons (Fsp3) is 0.333. The van der Waals surface area contributed by atoms with Gasteiger partial charge in [0.2, 0.25) is 0 Å². The summed E-state index contributed by atoms with van der Waals surface area (Å²) in [7, 11) is 0. The molecule has 0 bridgehead atoms. The van der Waals surface area contributed by atoms with Gasteiger partial charge in [-0.3, -0.25) is 9.78 Å². The van der Waals surface area contributed by atoms with E-state index >= 15 is 0 Å². The van der Waals surface area contributed by atoms with E-state index in [1.54, 1.807) is 4.98 Å². The molecule has 0 aliphatic rings. The summed E-state index contributed by atoms with van der Waals surface area (Å²) >= 11 is 0. The molecule has 4 nitrogen and oxygen atoms in total. The molecule has 0 aliphatic carbocycles. The minimum atomic E-state index is -2.92. The van der Waals surface area contributed by atoms with Crippen LogP contribution in [0.4, 0.5) is 8.78 Å². The second-order valence-electron chi connectivity index (χ2n) is 2.26. The van der Waals surface area contributed by atoms with Crippen molar-refractivity contribution < 1.29 is 8.78 Å². The van der Waals surface area contributed by atoms with Gasteiger partial charge in [-0.2, -0.15) is 8.78 Å². The number of aromatic amines is 1. The van der Waals surface area contributed by atoms with E-state index in [-0.39, 0.29) is 10.1 Å². The zero-order valence-electron chi connectivity index (χ0n) is 6.17. The first-order chi connectivity index (χ1) is 5.52. The van der Waals surface area contributed by atoms with Crippen molar-refractivity contribution in [1.82, 2.24) is 9.55 Å². The van der Waals surface area contributed by atoms with Crippen LogP contribution in [0.15, 0.2) is 15.8 Å². The molecule has 0 spiro atoms. The molecule has 0 unspecified atom stereocenters. The van der Waals surface area contributed by atoms with E-state index in [1.165, 1.54) is 6.92 Å². The molecule has 1 N–H and O–H groups in total. The Morgan fingerprint density at radius 2 is 2.08 bits per heavy atom. The Balaban J connectivity index is 3.44. The monoisotopic (exact) mass is 176 g/mol. The Morgan fingerprint density at radius 3 is 2.58 bits per heavy atom. The van der Waals surface area contributed by atoms with Gasteiger partial charge in [-0.05, 0) is 6.92 Å². The van der Waals surface area contributed by atoms with Crippen molar-refractivity contribution in [3.05, 3.63) is 32.6 Å². The molecule has 0 fully saturated rings. The summed E-state index contributed by atoms with van der Waals surface area (Å²) in [5, 5.41) is 0. The minimum Gasteiger partial charge on any atom is -0.274 e. The minimum absolute atomic E-state index is 0.0786. The maximum Gasteiger partial charge on any atom is 0.332 e. The number of rotatable bonds is 1. The van der Waals surface area contributed by atoms with E-state index in [1.807, 2.05) is 0 Å². The van der Waals surface area contributed by atoms with Crippen LogP contribution >= 0.6 is 0 Å². The molecule has 0 aliphatic heterocycles. The number of nitrogens with zero attached hydrogens (tertiary/aromatic N) is 1. The van der Waals surface area contributed by atoms with Gasteiger partial charge in [0.05, 0.1) is 0 Å². The molecule has 1 aromatic rings. The fourth-order valence-corrected chi connectivity index (χ4v) is 0.731. The predicted octanol–water partition coefficient (Wildman–Crippen LogP) is 0.240. The van der Waals surface area contributed by atoms with Gasteiger partial charge in [-0.1, -0.05) is 0 Å². The number of aryl methyl sites for hydroxylation is 1. The van der Waals surface area contributed by atoms with Crippen molar-refractivity contribution in [2.24, 2.45) is 0 Å². The third kappa shape index (κ3) is 1.41. The van der Waals surface area contributed by atoms with Crippen LogP contribution in [-0.4, -0.2) is 9.55 Å². The van der Waals surface area contributed by atoms with Gasteiger partial charge in [0.25, 0.3) is 5.56 Å². The van der Waals surface area contributed by atoms with E-state index in [4.69, 9.17) is 0 Å². The highest BCUT2D eigenvalue weighted by Crippen LogP contribution is 2.04. The fourth-order valence-electron chi connectivity index (χ4n) is 0.731. The summed E-state index contributed by atoms with van der Waals surface area (Å²) < 4.78 is 24.1. The first-order valence-corrected chi connectivity index (χ1v) is 3.12. The second kappa shape index (κ2) is 2.88. The Bertz CT molecular complexity index is 393. The number of nitrogens with one attached hydrogen (secondary N) is 1. The first kappa shape index (κ1) is 8.63. The van der Waals surface area contributed by atoms with Gasteiger partial charge in [-0.25, -0.2) is 9.36 Å². The van der Waals surface area contributed by atoms with Crippen LogP contribution in [0.2, 0.25) is 0 Å². The van der Waals surface area contributed by atoms with E-state index in [0.717, 1.165) is 6.20 Å². The molecule has 6 heteroatoms. The van der Waals surface area contributed by atoms with Crippen molar-refractivity contribution in [2.75, 3.05) is 0 Å². The Labute approximate surface area is 65.5 Å². The van der Waals surface area contributed by atoms with Crippen molar-refractivity contribution in [1.29, 1.82) is 0 Å². The maximum absolute atomic E-state index is 12.0. The molecule has 0 aromatic carbocycles. The van der Waals surface area contributed by atoms with Gasteiger partial charge in [-0.15, -0.1) is 0 Å². The molecule has 1 aromatic heterocycles. The van der Waals surface area contributed by atoms with Crippen LogP contribution in [0.25, 0.3) is 0 Å². The summed E-state index contributed by atoms with van der Waals surface area (Å²) in [5.74, 6) is 0. The SMILES string of the molecule is Cc1cn(C(F)F)c(=O)[nH]c1=O. The Kier molecular flexibility index (Phi) is 2.07. The van der Waals surface area contributed by atoms with Crippen molar-refractivity contribution >= 4 is 0 Å². The van der Waals surface area contributed by atoms with E-state index < -0.39 is 17.8 Å². The summed E-state index contributed by atoms with van der Waals surface area (Å²) in [5.41, 5.74) is -1.66. The van der Waals surface area contributed by atoms with Crippen LogP contribution in [0, 0.1) is 6.92 Å². The Morgan fingerprint density at radius 1 is 1.50 bits per heavy atom. The lowest BCUT2D eigenvalue weighted by atomic mass is 10.4. The highest BCUT2D eigenvalue weighted by atomic mass is 19.3. The third-order valence-electron chi connectivity index (χ3n) is 1.36. The quantitative estimate of drug-likeness (QED) is 0.666. The summed E-state index contributed by atoms with van der Waals surface area (Å²) in [6.45, 7) is -1.58. The molecular weight excluding hydrogens is 170 g/mol. The number of aromatic nitrogens is 2. The van der Waals surface area contributed by atoms with Gasteiger partial charge < -0.3 is 0 Å². The van der Waals surface area contributed by atoms with Crippen LogP contribution in [-0.2, 0) is 0 Å². The third-order valence-corrected chi connectivity index (χ3v) is 1.36. The molecule has 0 saturated heterocycles. The highest BCUT2D eigenvalue weighted by molar-refractivity contribution is 5.00. The lowest BCUT2D eigenvalue weighted by Gasteiger charge is -2.02. The number of alkyl halides is 2. The van der Waals surface area contributed by atoms with Gasteiger partial charge in [0, 0.05) is 11.8 Å². The molecule has 66 valence electrons. The largest absolute Gasteiger partial charge is 0.332 e. The lowest BCUT2D eigenvalue weighted by molar-refractivity contribution is 0.0644. The van der Waals surface area contributed by atoms with Crippen LogP contribution in [0.1, 0.15) is 12.1 Å². The van der Waals surface area contributed by atoms with E-state index in [2.05, 4.69) is 0 Å². The van der Waals surface area contributed by atoms with Crippen LogP contribution in [0.3, 0.4) is 0 Å². The van der Waals surface area contributed by atoms with E-state index in [0.29, 0.717) is 0 Å². The van der Waals surface area contributed by atoms with Crippen LogP contribution < -0.4 is 11.2 Å². The topological polar surface area (TPSA) is 54.9 Å². The molecule has 1 rings (SSSR count). The van der Waals surface area contributed by atoms with Crippen molar-refractivity contribution in [3.8, 4) is 0 Å². The average molecular weight is 176 g/mol. The number of H-pyrrole nitrogens is 1. The zero-order chi connectivity index (χ0) is 9.30. The van der Waals surface area contributed by atoms with Crippen LogP contribution in [0.5, 0.6) is 0 Å². The highest BCUT2D eigenvalue weighted by Gasteiger charge is 2.08. The predicted molar refractivity (Wildman–Crippen MR) is 37.3 cm³/mol. The normalized spacial score (nSPS) is 10.7. The molecule has 0 saturated carbocycles. The lowest BCUT2D eigenvalue weighted by Crippen LogP contribution is -2.31. The van der Waals surface area contributed by atoms with E-state index in [9.17, 15) is 18.4 Å². The smallest absolute Gasteiger partial charge is 0.274 e. The molecule has 1 heterocycles. The summed E-state index contributed by atoms with van der Waals surface area (Å²) in [4.78, 5) is 23.1. The standard InChI is InChI=1S/C6H6F2N2O2/c1-3-2-10(5(7)8)6(12)9-4(3)11/h2,5H,1H3,(H,9,11,12). The first-order valence-electron chi connectivity index (χ1n) is 3.12. The summed E-state index contributed by atoms with van der Waals surface area (Å²) in [6, 6.07) is 0. The average Bonchev–Trinajstić information content (AvgIpc) is 1.96. The van der Waals surface area contributed by atoms with Crippen molar-refractivity contribution in [2.45, 2.75) is 13.5 Å². The number of hydrogen-bond donors (Lipinski definition) is 1. The molecular formula is C6H6F2N2O2. The van der Waals surface area contributed by atoms with Crippen molar-refractivity contribution in [3.63, 3.8) is 0 Å². The number of halogens is 2. The Hall–Kier alpha value is -1.46. The van der Waals surface area contributed by atoms with Gasteiger partial charge >= 0.3 is 12.2 Å². The molecule has 0 radical (unpaired) electrons. The van der Waals surface area contributed by atoms with Gasteiger partial charge in [0.1, 0.15) is 0 Å². The molecule has 0 atom stereocenters.